The Morgan fingerprint density at radius 1 is 1.36 bits per heavy atom. The first kappa shape index (κ1) is 9.69. The van der Waals surface area contributed by atoms with E-state index < -0.39 is 0 Å². The molecule has 0 aliphatic heterocycles. The van der Waals surface area contributed by atoms with Crippen molar-refractivity contribution in [2.24, 2.45) is 0 Å². The lowest BCUT2D eigenvalue weighted by atomic mass is 10.1. The highest BCUT2D eigenvalue weighted by Crippen LogP contribution is 2.30. The summed E-state index contributed by atoms with van der Waals surface area (Å²) >= 11 is 1.89. The van der Waals surface area contributed by atoms with Gasteiger partial charge in [-0.3, -0.25) is 0 Å². The van der Waals surface area contributed by atoms with E-state index in [1.807, 2.05) is 18.4 Å². The van der Waals surface area contributed by atoms with Crippen molar-refractivity contribution in [1.29, 1.82) is 0 Å². The summed E-state index contributed by atoms with van der Waals surface area (Å²) in [6.45, 7) is 2.21. The van der Waals surface area contributed by atoms with Crippen LogP contribution in [0.25, 0.3) is 10.1 Å². The fourth-order valence-corrected chi connectivity index (χ4v) is 2.98. The molecule has 0 amide bonds. The van der Waals surface area contributed by atoms with Crippen LogP contribution in [0.15, 0.2) is 30.3 Å². The quantitative estimate of drug-likeness (QED) is 0.807. The molecule has 1 aromatic carbocycles. The van der Waals surface area contributed by atoms with Crippen molar-refractivity contribution < 1.29 is 0 Å². The van der Waals surface area contributed by atoms with Crippen LogP contribution in [-0.4, -0.2) is 7.05 Å². The Hall–Kier alpha value is -0.860. The van der Waals surface area contributed by atoms with Gasteiger partial charge in [-0.1, -0.05) is 25.1 Å². The topological polar surface area (TPSA) is 12.0 Å². The van der Waals surface area contributed by atoms with Crippen LogP contribution in [0.4, 0.5) is 0 Å². The maximum atomic E-state index is 3.34. The van der Waals surface area contributed by atoms with Crippen molar-refractivity contribution in [3.8, 4) is 0 Å². The van der Waals surface area contributed by atoms with E-state index in [-0.39, 0.29) is 0 Å². The Morgan fingerprint density at radius 3 is 2.79 bits per heavy atom. The fraction of sp³-hybridized carbons (Fsp3) is 0.333. The zero-order valence-corrected chi connectivity index (χ0v) is 9.40. The first-order valence-corrected chi connectivity index (χ1v) is 5.82. The van der Waals surface area contributed by atoms with Crippen LogP contribution >= 0.6 is 11.3 Å². The van der Waals surface area contributed by atoms with E-state index in [9.17, 15) is 0 Å². The van der Waals surface area contributed by atoms with Gasteiger partial charge in [-0.2, -0.15) is 0 Å². The predicted octanol–water partition coefficient (Wildman–Crippen LogP) is 3.57. The van der Waals surface area contributed by atoms with E-state index >= 15 is 0 Å². The van der Waals surface area contributed by atoms with Gasteiger partial charge in [0.2, 0.25) is 0 Å². The molecule has 74 valence electrons. The fourth-order valence-electron chi connectivity index (χ4n) is 1.72. The number of fused-ring (bicyclic) bond motifs is 1. The standard InChI is InChI=1S/C12H15NS/c1-3-10(13-2)12-8-9-6-4-5-7-11(9)14-12/h4-8,10,13H,3H2,1-2H3. The lowest BCUT2D eigenvalue weighted by molar-refractivity contribution is 0.587. The van der Waals surface area contributed by atoms with Crippen LogP contribution in [0.3, 0.4) is 0 Å². The molecule has 1 heterocycles. The molecule has 1 N–H and O–H groups in total. The highest BCUT2D eigenvalue weighted by Gasteiger charge is 2.09. The van der Waals surface area contributed by atoms with Crippen LogP contribution in [0.5, 0.6) is 0 Å². The molecule has 1 aromatic heterocycles. The smallest absolute Gasteiger partial charge is 0.0410 e. The Kier molecular flexibility index (Phi) is 2.85. The Bertz CT molecular complexity index is 382. The molecule has 0 radical (unpaired) electrons. The third-order valence-electron chi connectivity index (χ3n) is 2.54. The summed E-state index contributed by atoms with van der Waals surface area (Å²) < 4.78 is 1.39. The molecule has 0 saturated carbocycles. The van der Waals surface area contributed by atoms with Gasteiger partial charge in [-0.05, 0) is 31.0 Å². The number of hydrogen-bond donors (Lipinski definition) is 1. The van der Waals surface area contributed by atoms with E-state index in [0.717, 1.165) is 6.42 Å². The molecule has 1 nitrogen and oxygen atoms in total. The molecule has 2 rings (SSSR count). The third kappa shape index (κ3) is 1.68. The molecule has 1 unspecified atom stereocenters. The number of nitrogens with one attached hydrogen (secondary N) is 1. The molecule has 2 heteroatoms. The van der Waals surface area contributed by atoms with E-state index in [1.54, 1.807) is 0 Å². The Morgan fingerprint density at radius 2 is 2.14 bits per heavy atom. The summed E-state index contributed by atoms with van der Waals surface area (Å²) in [7, 11) is 2.03. The SMILES string of the molecule is CCC(NC)c1cc2ccccc2s1. The summed E-state index contributed by atoms with van der Waals surface area (Å²) in [6, 6.07) is 11.4. The van der Waals surface area contributed by atoms with Gasteiger partial charge in [0.25, 0.3) is 0 Å². The molecule has 0 aliphatic rings. The second-order valence-corrected chi connectivity index (χ2v) is 4.55. The van der Waals surface area contributed by atoms with Gasteiger partial charge in [-0.25, -0.2) is 0 Å². The molecule has 0 spiro atoms. The summed E-state index contributed by atoms with van der Waals surface area (Å²) in [5.74, 6) is 0. The molecular formula is C12H15NS. The van der Waals surface area contributed by atoms with Crippen molar-refractivity contribution in [1.82, 2.24) is 5.32 Å². The van der Waals surface area contributed by atoms with Gasteiger partial charge in [0.15, 0.2) is 0 Å². The van der Waals surface area contributed by atoms with Gasteiger partial charge in [-0.15, -0.1) is 11.3 Å². The summed E-state index contributed by atoms with van der Waals surface area (Å²) in [6.07, 6.45) is 1.14. The molecule has 0 fully saturated rings. The van der Waals surface area contributed by atoms with E-state index in [2.05, 4.69) is 42.6 Å². The zero-order chi connectivity index (χ0) is 9.97. The van der Waals surface area contributed by atoms with Gasteiger partial charge in [0, 0.05) is 15.6 Å². The average molecular weight is 205 g/mol. The Labute approximate surface area is 88.8 Å². The van der Waals surface area contributed by atoms with Crippen molar-refractivity contribution in [3.63, 3.8) is 0 Å². The number of hydrogen-bond acceptors (Lipinski definition) is 2. The highest BCUT2D eigenvalue weighted by atomic mass is 32.1. The predicted molar refractivity (Wildman–Crippen MR) is 63.9 cm³/mol. The van der Waals surface area contributed by atoms with E-state index in [1.165, 1.54) is 15.0 Å². The van der Waals surface area contributed by atoms with E-state index in [0.29, 0.717) is 6.04 Å². The largest absolute Gasteiger partial charge is 0.312 e. The van der Waals surface area contributed by atoms with Gasteiger partial charge in [0.1, 0.15) is 0 Å². The number of rotatable bonds is 3. The molecule has 0 bridgehead atoms. The van der Waals surface area contributed by atoms with E-state index in [4.69, 9.17) is 0 Å². The maximum absolute atomic E-state index is 3.34. The van der Waals surface area contributed by atoms with Crippen molar-refractivity contribution in [3.05, 3.63) is 35.2 Å². The second kappa shape index (κ2) is 4.11. The van der Waals surface area contributed by atoms with Crippen LogP contribution < -0.4 is 5.32 Å². The summed E-state index contributed by atoms with van der Waals surface area (Å²) in [5, 5.41) is 4.70. The molecule has 14 heavy (non-hydrogen) atoms. The first-order valence-electron chi connectivity index (χ1n) is 5.01. The summed E-state index contributed by atoms with van der Waals surface area (Å²) in [4.78, 5) is 1.44. The molecule has 1 atom stereocenters. The third-order valence-corrected chi connectivity index (χ3v) is 3.77. The number of benzene rings is 1. The molecule has 0 aliphatic carbocycles. The second-order valence-electron chi connectivity index (χ2n) is 3.44. The number of thiophene rings is 1. The van der Waals surface area contributed by atoms with Crippen LogP contribution in [0.2, 0.25) is 0 Å². The molecular weight excluding hydrogens is 190 g/mol. The molecule has 2 aromatic rings. The zero-order valence-electron chi connectivity index (χ0n) is 8.58. The minimum atomic E-state index is 0.507. The van der Waals surface area contributed by atoms with Gasteiger partial charge < -0.3 is 5.32 Å². The molecule has 0 saturated heterocycles. The van der Waals surface area contributed by atoms with Crippen LogP contribution in [0.1, 0.15) is 24.3 Å². The lowest BCUT2D eigenvalue weighted by Gasteiger charge is -2.10. The highest BCUT2D eigenvalue weighted by molar-refractivity contribution is 7.19. The first-order chi connectivity index (χ1) is 6.85. The van der Waals surface area contributed by atoms with Crippen LogP contribution in [-0.2, 0) is 0 Å². The monoisotopic (exact) mass is 205 g/mol. The van der Waals surface area contributed by atoms with Crippen molar-refractivity contribution >= 4 is 21.4 Å². The lowest BCUT2D eigenvalue weighted by Crippen LogP contribution is -2.13. The minimum absolute atomic E-state index is 0.507. The van der Waals surface area contributed by atoms with Gasteiger partial charge in [0.05, 0.1) is 0 Å². The minimum Gasteiger partial charge on any atom is -0.312 e. The Balaban J connectivity index is 2.43. The average Bonchev–Trinajstić information content (AvgIpc) is 2.63. The summed E-state index contributed by atoms with van der Waals surface area (Å²) in [5.41, 5.74) is 0. The van der Waals surface area contributed by atoms with Crippen molar-refractivity contribution in [2.45, 2.75) is 19.4 Å². The maximum Gasteiger partial charge on any atom is 0.0410 e. The van der Waals surface area contributed by atoms with Gasteiger partial charge >= 0.3 is 0 Å². The van der Waals surface area contributed by atoms with Crippen LogP contribution in [0, 0.1) is 0 Å². The normalized spacial score (nSPS) is 13.3. The van der Waals surface area contributed by atoms with Crippen molar-refractivity contribution in [2.75, 3.05) is 7.05 Å².